The maximum atomic E-state index is 12.2. The number of hydrogen-bond donors (Lipinski definition) is 1. The van der Waals surface area contributed by atoms with Crippen molar-refractivity contribution in [1.82, 2.24) is 10.2 Å². The van der Waals surface area contributed by atoms with Gasteiger partial charge in [0.25, 0.3) is 0 Å². The van der Waals surface area contributed by atoms with E-state index in [1.807, 2.05) is 42.5 Å². The van der Waals surface area contributed by atoms with Crippen LogP contribution in [0.2, 0.25) is 0 Å². The highest BCUT2D eigenvalue weighted by Gasteiger charge is 2.32. The first-order valence-corrected chi connectivity index (χ1v) is 6.19. The second-order valence-corrected chi connectivity index (χ2v) is 4.76. The minimum absolute atomic E-state index is 0.0732. The first-order chi connectivity index (χ1) is 9.16. The van der Waals surface area contributed by atoms with Crippen LogP contribution in [0, 0.1) is 0 Å². The summed E-state index contributed by atoms with van der Waals surface area (Å²) in [5.74, 6) is -0.198. The Morgan fingerprint density at radius 3 is 2.68 bits per heavy atom. The van der Waals surface area contributed by atoms with Gasteiger partial charge in [-0.2, -0.15) is 0 Å². The lowest BCUT2D eigenvalue weighted by atomic mass is 9.97. The molecule has 1 heterocycles. The molecular formula is C15H14N2O2. The first-order valence-electron chi connectivity index (χ1n) is 6.19. The van der Waals surface area contributed by atoms with Crippen LogP contribution in [0.15, 0.2) is 42.5 Å². The van der Waals surface area contributed by atoms with Crippen molar-refractivity contribution in [3.63, 3.8) is 0 Å². The number of nitrogens with one attached hydrogen (secondary N) is 1. The SMILES string of the molecule is CN1CC(=O)N[C@H](c2cccc3ccccc23)C1=O. The number of benzene rings is 2. The van der Waals surface area contributed by atoms with Gasteiger partial charge in [0.2, 0.25) is 11.8 Å². The molecule has 1 aliphatic rings. The topological polar surface area (TPSA) is 49.4 Å². The van der Waals surface area contributed by atoms with Crippen LogP contribution in [0.1, 0.15) is 11.6 Å². The van der Waals surface area contributed by atoms with Crippen molar-refractivity contribution >= 4 is 22.6 Å². The molecule has 96 valence electrons. The number of carbonyl (C=O) groups is 2. The predicted octanol–water partition coefficient (Wildman–Crippen LogP) is 1.47. The second kappa shape index (κ2) is 4.39. The fourth-order valence-corrected chi connectivity index (χ4v) is 2.50. The van der Waals surface area contributed by atoms with Gasteiger partial charge in [0.1, 0.15) is 6.04 Å². The lowest BCUT2D eigenvalue weighted by Crippen LogP contribution is -2.51. The molecule has 0 saturated carbocycles. The van der Waals surface area contributed by atoms with E-state index >= 15 is 0 Å². The molecule has 0 bridgehead atoms. The highest BCUT2D eigenvalue weighted by atomic mass is 16.2. The van der Waals surface area contributed by atoms with Gasteiger partial charge in [0, 0.05) is 7.05 Å². The smallest absolute Gasteiger partial charge is 0.250 e. The molecule has 1 atom stereocenters. The summed E-state index contributed by atoms with van der Waals surface area (Å²) < 4.78 is 0. The maximum absolute atomic E-state index is 12.2. The summed E-state index contributed by atoms with van der Waals surface area (Å²) in [5.41, 5.74) is 0.850. The second-order valence-electron chi connectivity index (χ2n) is 4.76. The molecule has 0 radical (unpaired) electrons. The third kappa shape index (κ3) is 1.95. The van der Waals surface area contributed by atoms with Crippen molar-refractivity contribution in [3.05, 3.63) is 48.0 Å². The van der Waals surface area contributed by atoms with Crippen molar-refractivity contribution in [1.29, 1.82) is 0 Å². The van der Waals surface area contributed by atoms with Crippen LogP contribution >= 0.6 is 0 Å². The molecule has 2 amide bonds. The van der Waals surface area contributed by atoms with Crippen molar-refractivity contribution < 1.29 is 9.59 Å². The number of nitrogens with zero attached hydrogens (tertiary/aromatic N) is 1. The number of likely N-dealkylation sites (N-methyl/N-ethyl adjacent to an activating group) is 1. The van der Waals surface area contributed by atoms with Crippen LogP contribution in [0.4, 0.5) is 0 Å². The molecule has 2 aromatic rings. The van der Waals surface area contributed by atoms with Gasteiger partial charge in [0.15, 0.2) is 0 Å². The van der Waals surface area contributed by atoms with E-state index in [0.29, 0.717) is 0 Å². The molecule has 0 unspecified atom stereocenters. The molecule has 1 fully saturated rings. The monoisotopic (exact) mass is 254 g/mol. The van der Waals surface area contributed by atoms with Crippen LogP contribution in [-0.2, 0) is 9.59 Å². The van der Waals surface area contributed by atoms with Crippen molar-refractivity contribution in [2.45, 2.75) is 6.04 Å². The molecule has 4 heteroatoms. The molecule has 2 aromatic carbocycles. The van der Waals surface area contributed by atoms with Gasteiger partial charge < -0.3 is 10.2 Å². The molecule has 19 heavy (non-hydrogen) atoms. The van der Waals surface area contributed by atoms with E-state index in [-0.39, 0.29) is 18.4 Å². The van der Waals surface area contributed by atoms with E-state index in [4.69, 9.17) is 0 Å². The van der Waals surface area contributed by atoms with Crippen molar-refractivity contribution in [3.8, 4) is 0 Å². The van der Waals surface area contributed by atoms with E-state index in [9.17, 15) is 9.59 Å². The third-order valence-corrected chi connectivity index (χ3v) is 3.44. The molecule has 0 spiro atoms. The highest BCUT2D eigenvalue weighted by molar-refractivity contribution is 5.99. The Bertz CT molecular complexity index is 661. The molecule has 0 aromatic heterocycles. The van der Waals surface area contributed by atoms with E-state index < -0.39 is 6.04 Å². The van der Waals surface area contributed by atoms with E-state index in [2.05, 4.69) is 5.32 Å². The number of piperazine rings is 1. The molecule has 1 saturated heterocycles. The van der Waals surface area contributed by atoms with Crippen LogP contribution in [0.3, 0.4) is 0 Å². The zero-order valence-electron chi connectivity index (χ0n) is 10.6. The Morgan fingerprint density at radius 1 is 1.11 bits per heavy atom. The number of rotatable bonds is 1. The number of carbonyl (C=O) groups excluding carboxylic acids is 2. The third-order valence-electron chi connectivity index (χ3n) is 3.44. The average molecular weight is 254 g/mol. The van der Waals surface area contributed by atoms with E-state index in [1.54, 1.807) is 7.05 Å². The summed E-state index contributed by atoms with van der Waals surface area (Å²) in [6, 6.07) is 13.1. The summed E-state index contributed by atoms with van der Waals surface area (Å²) in [5, 5.41) is 4.84. The first kappa shape index (κ1) is 11.7. The number of hydrogen-bond acceptors (Lipinski definition) is 2. The fourth-order valence-electron chi connectivity index (χ4n) is 2.50. The van der Waals surface area contributed by atoms with Gasteiger partial charge in [-0.05, 0) is 16.3 Å². The highest BCUT2D eigenvalue weighted by Crippen LogP contribution is 2.26. The number of fused-ring (bicyclic) bond motifs is 1. The molecule has 1 N–H and O–H groups in total. The van der Waals surface area contributed by atoms with Crippen molar-refractivity contribution in [2.75, 3.05) is 13.6 Å². The maximum Gasteiger partial charge on any atom is 0.250 e. The zero-order chi connectivity index (χ0) is 13.4. The van der Waals surface area contributed by atoms with Gasteiger partial charge in [0.05, 0.1) is 6.54 Å². The molecule has 0 aliphatic carbocycles. The Morgan fingerprint density at radius 2 is 1.84 bits per heavy atom. The van der Waals surface area contributed by atoms with Gasteiger partial charge in [-0.1, -0.05) is 42.5 Å². The van der Waals surface area contributed by atoms with Crippen LogP contribution < -0.4 is 5.32 Å². The largest absolute Gasteiger partial charge is 0.339 e. The van der Waals surface area contributed by atoms with Gasteiger partial charge >= 0.3 is 0 Å². The zero-order valence-corrected chi connectivity index (χ0v) is 10.6. The molecular weight excluding hydrogens is 240 g/mol. The Balaban J connectivity index is 2.13. The van der Waals surface area contributed by atoms with Gasteiger partial charge in [-0.25, -0.2) is 0 Å². The van der Waals surface area contributed by atoms with E-state index in [0.717, 1.165) is 16.3 Å². The van der Waals surface area contributed by atoms with E-state index in [1.165, 1.54) is 4.90 Å². The average Bonchev–Trinajstić information content (AvgIpc) is 2.42. The predicted molar refractivity (Wildman–Crippen MR) is 72.5 cm³/mol. The Labute approximate surface area is 111 Å². The summed E-state index contributed by atoms with van der Waals surface area (Å²) in [6.45, 7) is 0.125. The summed E-state index contributed by atoms with van der Waals surface area (Å²) in [4.78, 5) is 25.3. The minimum Gasteiger partial charge on any atom is -0.339 e. The number of amides is 2. The van der Waals surface area contributed by atoms with Gasteiger partial charge in [-0.15, -0.1) is 0 Å². The molecule has 1 aliphatic heterocycles. The summed E-state index contributed by atoms with van der Waals surface area (Å²) in [7, 11) is 1.65. The summed E-state index contributed by atoms with van der Waals surface area (Å²) >= 11 is 0. The normalized spacial score (nSPS) is 19.6. The van der Waals surface area contributed by atoms with Gasteiger partial charge in [-0.3, -0.25) is 9.59 Å². The van der Waals surface area contributed by atoms with Crippen LogP contribution in [0.25, 0.3) is 10.8 Å². The molecule has 3 rings (SSSR count). The lowest BCUT2D eigenvalue weighted by molar-refractivity contribution is -0.143. The minimum atomic E-state index is -0.586. The molecule has 4 nitrogen and oxygen atoms in total. The Hall–Kier alpha value is -2.36. The quantitative estimate of drug-likeness (QED) is 0.837. The fraction of sp³-hybridized carbons (Fsp3) is 0.200. The van der Waals surface area contributed by atoms with Crippen LogP contribution in [-0.4, -0.2) is 30.3 Å². The Kier molecular flexibility index (Phi) is 2.71. The summed E-state index contributed by atoms with van der Waals surface area (Å²) in [6.07, 6.45) is 0. The van der Waals surface area contributed by atoms with Crippen molar-refractivity contribution in [2.24, 2.45) is 0 Å². The standard InChI is InChI=1S/C15H14N2O2/c1-17-9-13(18)16-14(15(17)19)12-8-4-6-10-5-2-3-7-11(10)12/h2-8,14H,9H2,1H3,(H,16,18)/t14-/m1/s1. The van der Waals surface area contributed by atoms with Crippen LogP contribution in [0.5, 0.6) is 0 Å². The lowest BCUT2D eigenvalue weighted by Gasteiger charge is -2.30.